The van der Waals surface area contributed by atoms with E-state index >= 15 is 0 Å². The first-order valence-electron chi connectivity index (χ1n) is 6.70. The molecule has 0 aliphatic carbocycles. The van der Waals surface area contributed by atoms with Crippen LogP contribution in [-0.4, -0.2) is 10.8 Å². The number of non-ortho nitro benzene ring substituents is 1. The van der Waals surface area contributed by atoms with Crippen LogP contribution < -0.4 is 5.32 Å². The SMILES string of the molecule is Cc1c(C(=O)Nc2cccc([N+](=O)[O-])c2)sc2ccc(F)cc12. The first-order valence-corrected chi connectivity index (χ1v) is 7.52. The molecule has 7 heteroatoms. The summed E-state index contributed by atoms with van der Waals surface area (Å²) in [6, 6.07) is 10.1. The first-order chi connectivity index (χ1) is 11.0. The summed E-state index contributed by atoms with van der Waals surface area (Å²) in [5.41, 5.74) is 0.928. The minimum atomic E-state index is -0.525. The van der Waals surface area contributed by atoms with Gasteiger partial charge < -0.3 is 5.32 Å². The van der Waals surface area contributed by atoms with Crippen LogP contribution in [0.5, 0.6) is 0 Å². The highest BCUT2D eigenvalue weighted by atomic mass is 32.1. The van der Waals surface area contributed by atoms with Gasteiger partial charge in [-0.2, -0.15) is 0 Å². The second-order valence-electron chi connectivity index (χ2n) is 4.96. The van der Waals surface area contributed by atoms with Crippen molar-refractivity contribution in [1.82, 2.24) is 0 Å². The summed E-state index contributed by atoms with van der Waals surface area (Å²) in [4.78, 5) is 23.1. The molecule has 0 radical (unpaired) electrons. The maximum atomic E-state index is 13.3. The number of fused-ring (bicyclic) bond motifs is 1. The van der Waals surface area contributed by atoms with Gasteiger partial charge in [-0.05, 0) is 42.1 Å². The number of benzene rings is 2. The maximum absolute atomic E-state index is 13.3. The van der Waals surface area contributed by atoms with E-state index in [1.54, 1.807) is 19.1 Å². The largest absolute Gasteiger partial charge is 0.321 e. The molecule has 0 aliphatic rings. The molecule has 0 fully saturated rings. The van der Waals surface area contributed by atoms with Gasteiger partial charge >= 0.3 is 0 Å². The topological polar surface area (TPSA) is 72.2 Å². The van der Waals surface area contributed by atoms with Gasteiger partial charge in [-0.25, -0.2) is 4.39 Å². The number of halogens is 1. The van der Waals surface area contributed by atoms with Gasteiger partial charge in [0, 0.05) is 22.5 Å². The number of amides is 1. The number of carbonyl (C=O) groups excluding carboxylic acids is 1. The summed E-state index contributed by atoms with van der Waals surface area (Å²) >= 11 is 1.26. The highest BCUT2D eigenvalue weighted by Gasteiger charge is 2.17. The standard InChI is InChI=1S/C16H11FN2O3S/c1-9-13-7-10(17)5-6-14(13)23-15(9)16(20)18-11-3-2-4-12(8-11)19(21)22/h2-8H,1H3,(H,18,20). The molecule has 0 bridgehead atoms. The van der Waals surface area contributed by atoms with Crippen molar-refractivity contribution in [3.05, 3.63) is 68.8 Å². The third kappa shape index (κ3) is 2.91. The Kier molecular flexibility index (Phi) is 3.79. The van der Waals surface area contributed by atoms with E-state index in [1.165, 1.54) is 41.7 Å². The van der Waals surface area contributed by atoms with Crippen LogP contribution in [0.15, 0.2) is 42.5 Å². The second-order valence-corrected chi connectivity index (χ2v) is 6.01. The maximum Gasteiger partial charge on any atom is 0.271 e. The van der Waals surface area contributed by atoms with Crippen molar-refractivity contribution < 1.29 is 14.1 Å². The average molecular weight is 330 g/mol. The molecule has 5 nitrogen and oxygen atoms in total. The zero-order valence-electron chi connectivity index (χ0n) is 12.0. The van der Waals surface area contributed by atoms with E-state index in [0.29, 0.717) is 21.5 Å². The molecule has 3 rings (SSSR count). The van der Waals surface area contributed by atoms with Gasteiger partial charge in [0.15, 0.2) is 0 Å². The molecule has 0 aliphatic heterocycles. The Labute approximate surface area is 134 Å². The number of hydrogen-bond acceptors (Lipinski definition) is 4. The van der Waals surface area contributed by atoms with Crippen molar-refractivity contribution in [2.45, 2.75) is 6.92 Å². The Morgan fingerprint density at radius 1 is 1.26 bits per heavy atom. The third-order valence-electron chi connectivity index (χ3n) is 3.42. The molecule has 1 N–H and O–H groups in total. The van der Waals surface area contributed by atoms with Crippen LogP contribution in [0.3, 0.4) is 0 Å². The minimum Gasteiger partial charge on any atom is -0.321 e. The van der Waals surface area contributed by atoms with E-state index in [4.69, 9.17) is 0 Å². The lowest BCUT2D eigenvalue weighted by atomic mass is 10.1. The van der Waals surface area contributed by atoms with Gasteiger partial charge in [0.05, 0.1) is 9.80 Å². The van der Waals surface area contributed by atoms with Crippen molar-refractivity contribution in [1.29, 1.82) is 0 Å². The fourth-order valence-corrected chi connectivity index (χ4v) is 3.38. The number of anilines is 1. The van der Waals surface area contributed by atoms with Crippen LogP contribution in [0.4, 0.5) is 15.8 Å². The number of nitro groups is 1. The molecule has 116 valence electrons. The van der Waals surface area contributed by atoms with Crippen LogP contribution in [0.25, 0.3) is 10.1 Å². The van der Waals surface area contributed by atoms with Crippen LogP contribution in [0, 0.1) is 22.9 Å². The number of aryl methyl sites for hydroxylation is 1. The molecule has 3 aromatic rings. The number of carbonyl (C=O) groups is 1. The van der Waals surface area contributed by atoms with E-state index in [1.807, 2.05) is 0 Å². The molecule has 23 heavy (non-hydrogen) atoms. The molecule has 2 aromatic carbocycles. The highest BCUT2D eigenvalue weighted by molar-refractivity contribution is 7.21. The number of nitrogens with zero attached hydrogens (tertiary/aromatic N) is 1. The molecule has 0 spiro atoms. The average Bonchev–Trinajstić information content (AvgIpc) is 2.84. The Morgan fingerprint density at radius 2 is 2.04 bits per heavy atom. The van der Waals surface area contributed by atoms with E-state index in [2.05, 4.69) is 5.32 Å². The van der Waals surface area contributed by atoms with Gasteiger partial charge in [-0.15, -0.1) is 11.3 Å². The third-order valence-corrected chi connectivity index (χ3v) is 4.69. The Balaban J connectivity index is 1.93. The number of thiophene rings is 1. The fraction of sp³-hybridized carbons (Fsp3) is 0.0625. The molecular formula is C16H11FN2O3S. The predicted octanol–water partition coefficient (Wildman–Crippen LogP) is 4.51. The van der Waals surface area contributed by atoms with Crippen molar-refractivity contribution in [3.8, 4) is 0 Å². The van der Waals surface area contributed by atoms with Gasteiger partial charge in [-0.1, -0.05) is 6.07 Å². The Bertz CT molecular complexity index is 936. The number of rotatable bonds is 3. The molecule has 0 saturated heterocycles. The van der Waals surface area contributed by atoms with Crippen molar-refractivity contribution in [3.63, 3.8) is 0 Å². The van der Waals surface area contributed by atoms with E-state index in [0.717, 1.165) is 4.70 Å². The summed E-state index contributed by atoms with van der Waals surface area (Å²) in [5.74, 6) is -0.728. The smallest absolute Gasteiger partial charge is 0.271 e. The zero-order valence-corrected chi connectivity index (χ0v) is 12.8. The molecule has 0 atom stereocenters. The van der Waals surface area contributed by atoms with E-state index < -0.39 is 4.92 Å². The molecule has 0 unspecified atom stereocenters. The summed E-state index contributed by atoms with van der Waals surface area (Å²) in [7, 11) is 0. The van der Waals surface area contributed by atoms with E-state index in [9.17, 15) is 19.3 Å². The van der Waals surface area contributed by atoms with Crippen LogP contribution in [0.2, 0.25) is 0 Å². The first kappa shape index (κ1) is 15.1. The Morgan fingerprint density at radius 3 is 2.78 bits per heavy atom. The van der Waals surface area contributed by atoms with Crippen LogP contribution in [0.1, 0.15) is 15.2 Å². The minimum absolute atomic E-state index is 0.0991. The zero-order chi connectivity index (χ0) is 16.6. The van der Waals surface area contributed by atoms with Crippen LogP contribution >= 0.6 is 11.3 Å². The number of nitrogens with one attached hydrogen (secondary N) is 1. The highest BCUT2D eigenvalue weighted by Crippen LogP contribution is 2.32. The number of hydrogen-bond donors (Lipinski definition) is 1. The second kappa shape index (κ2) is 5.77. The van der Waals surface area contributed by atoms with Gasteiger partial charge in [-0.3, -0.25) is 14.9 Å². The lowest BCUT2D eigenvalue weighted by molar-refractivity contribution is -0.384. The summed E-state index contributed by atoms with van der Waals surface area (Å²) < 4.78 is 14.1. The number of nitro benzene ring substituents is 1. The molecule has 1 amide bonds. The Hall–Kier alpha value is -2.80. The summed E-state index contributed by atoms with van der Waals surface area (Å²) in [6.45, 7) is 1.75. The lowest BCUT2D eigenvalue weighted by Crippen LogP contribution is -2.11. The van der Waals surface area contributed by atoms with E-state index in [-0.39, 0.29) is 17.4 Å². The van der Waals surface area contributed by atoms with Crippen LogP contribution in [-0.2, 0) is 0 Å². The van der Waals surface area contributed by atoms with Gasteiger partial charge in [0.2, 0.25) is 0 Å². The fourth-order valence-electron chi connectivity index (χ4n) is 2.29. The van der Waals surface area contributed by atoms with Crippen molar-refractivity contribution >= 4 is 38.7 Å². The molecule has 1 heterocycles. The normalized spacial score (nSPS) is 10.7. The lowest BCUT2D eigenvalue weighted by Gasteiger charge is -2.04. The summed E-state index contributed by atoms with van der Waals surface area (Å²) in [5, 5.41) is 14.1. The molecule has 1 aromatic heterocycles. The van der Waals surface area contributed by atoms with Crippen molar-refractivity contribution in [2.24, 2.45) is 0 Å². The van der Waals surface area contributed by atoms with Crippen molar-refractivity contribution in [2.75, 3.05) is 5.32 Å². The molecule has 0 saturated carbocycles. The molecular weight excluding hydrogens is 319 g/mol. The van der Waals surface area contributed by atoms with Gasteiger partial charge in [0.1, 0.15) is 5.82 Å². The monoisotopic (exact) mass is 330 g/mol. The van der Waals surface area contributed by atoms with Gasteiger partial charge in [0.25, 0.3) is 11.6 Å². The summed E-state index contributed by atoms with van der Waals surface area (Å²) in [6.07, 6.45) is 0. The predicted molar refractivity (Wildman–Crippen MR) is 87.6 cm³/mol. The quantitative estimate of drug-likeness (QED) is 0.567.